The second-order valence-electron chi connectivity index (χ2n) is 6.25. The Morgan fingerprint density at radius 3 is 2.55 bits per heavy atom. The molecular weight excluding hydrogens is 280 g/mol. The number of esters is 1. The van der Waals surface area contributed by atoms with Crippen molar-refractivity contribution >= 4 is 17.5 Å². The Labute approximate surface area is 134 Å². The second-order valence-corrected chi connectivity index (χ2v) is 6.25. The van der Waals surface area contributed by atoms with E-state index in [0.29, 0.717) is 44.5 Å². The number of carbonyl (C=O) groups is 3. The predicted octanol–water partition coefficient (Wildman–Crippen LogP) is 3.85. The lowest BCUT2D eigenvalue weighted by Crippen LogP contribution is -2.18. The minimum Gasteiger partial charge on any atom is -0.466 e. The SMILES string of the molecule is CCCCCC(=O)CCC1CCC(=O)C1CCC(=O)OCC. The molecule has 4 heteroatoms. The van der Waals surface area contributed by atoms with E-state index in [1.165, 1.54) is 0 Å². The van der Waals surface area contributed by atoms with Crippen LogP contribution in [0, 0.1) is 11.8 Å². The Kier molecular flexibility index (Phi) is 9.02. The van der Waals surface area contributed by atoms with Crippen molar-refractivity contribution in [1.29, 1.82) is 0 Å². The summed E-state index contributed by atoms with van der Waals surface area (Å²) in [5.74, 6) is 0.575. The Morgan fingerprint density at radius 1 is 1.09 bits per heavy atom. The molecule has 126 valence electrons. The fourth-order valence-electron chi connectivity index (χ4n) is 3.27. The molecule has 0 aromatic rings. The number of hydrogen-bond donors (Lipinski definition) is 0. The van der Waals surface area contributed by atoms with E-state index in [1.807, 2.05) is 0 Å². The molecule has 0 aromatic carbocycles. The lowest BCUT2D eigenvalue weighted by Gasteiger charge is -2.17. The molecule has 22 heavy (non-hydrogen) atoms. The van der Waals surface area contributed by atoms with Crippen LogP contribution < -0.4 is 0 Å². The van der Waals surface area contributed by atoms with Gasteiger partial charge in [0.05, 0.1) is 6.61 Å². The van der Waals surface area contributed by atoms with Crippen LogP contribution in [0.5, 0.6) is 0 Å². The minimum absolute atomic E-state index is 0.0483. The van der Waals surface area contributed by atoms with Crippen molar-refractivity contribution in [1.82, 2.24) is 0 Å². The van der Waals surface area contributed by atoms with E-state index in [0.717, 1.165) is 32.1 Å². The lowest BCUT2D eigenvalue weighted by atomic mass is 9.86. The zero-order valence-electron chi connectivity index (χ0n) is 14.1. The number of unbranched alkanes of at least 4 members (excludes halogenated alkanes) is 2. The third-order valence-electron chi connectivity index (χ3n) is 4.56. The molecule has 0 N–H and O–H groups in total. The first kappa shape index (κ1) is 18.9. The average Bonchev–Trinajstić information content (AvgIpc) is 2.84. The van der Waals surface area contributed by atoms with Crippen LogP contribution >= 0.6 is 0 Å². The molecular formula is C18H30O4. The highest BCUT2D eigenvalue weighted by Gasteiger charge is 2.34. The van der Waals surface area contributed by atoms with Crippen LogP contribution in [0.1, 0.15) is 78.1 Å². The van der Waals surface area contributed by atoms with Gasteiger partial charge in [-0.25, -0.2) is 0 Å². The predicted molar refractivity (Wildman–Crippen MR) is 85.5 cm³/mol. The van der Waals surface area contributed by atoms with Gasteiger partial charge in [-0.1, -0.05) is 19.8 Å². The molecule has 0 aliphatic heterocycles. The summed E-state index contributed by atoms with van der Waals surface area (Å²) in [5.41, 5.74) is 0. The number of carbonyl (C=O) groups excluding carboxylic acids is 3. The maximum absolute atomic E-state index is 12.0. The Hall–Kier alpha value is -1.19. The molecule has 0 heterocycles. The number of Topliss-reactive ketones (excluding diaryl/α,β-unsaturated/α-hetero) is 2. The second kappa shape index (κ2) is 10.5. The van der Waals surface area contributed by atoms with E-state index in [2.05, 4.69) is 6.92 Å². The van der Waals surface area contributed by atoms with Crippen molar-refractivity contribution in [3.63, 3.8) is 0 Å². The van der Waals surface area contributed by atoms with Gasteiger partial charge >= 0.3 is 5.97 Å². The number of hydrogen-bond acceptors (Lipinski definition) is 4. The smallest absolute Gasteiger partial charge is 0.305 e. The summed E-state index contributed by atoms with van der Waals surface area (Å²) in [6, 6.07) is 0. The zero-order valence-corrected chi connectivity index (χ0v) is 14.1. The summed E-state index contributed by atoms with van der Waals surface area (Å²) < 4.78 is 4.92. The maximum atomic E-state index is 12.0. The van der Waals surface area contributed by atoms with Gasteiger partial charge in [-0.05, 0) is 38.5 Å². The summed E-state index contributed by atoms with van der Waals surface area (Å²) in [4.78, 5) is 35.3. The fraction of sp³-hybridized carbons (Fsp3) is 0.833. The van der Waals surface area contributed by atoms with Gasteiger partial charge in [0.25, 0.3) is 0 Å². The summed E-state index contributed by atoms with van der Waals surface area (Å²) in [6.07, 6.45) is 7.61. The zero-order chi connectivity index (χ0) is 16.4. The Balaban J connectivity index is 2.33. The normalized spacial score (nSPS) is 21.1. The van der Waals surface area contributed by atoms with Crippen LogP contribution in [0.2, 0.25) is 0 Å². The van der Waals surface area contributed by atoms with Crippen molar-refractivity contribution in [3.8, 4) is 0 Å². The van der Waals surface area contributed by atoms with Gasteiger partial charge in [0, 0.05) is 31.6 Å². The largest absolute Gasteiger partial charge is 0.466 e. The molecule has 0 radical (unpaired) electrons. The van der Waals surface area contributed by atoms with Crippen LogP contribution in [0.4, 0.5) is 0 Å². The van der Waals surface area contributed by atoms with Gasteiger partial charge in [0.2, 0.25) is 0 Å². The van der Waals surface area contributed by atoms with Crippen LogP contribution in [0.25, 0.3) is 0 Å². The van der Waals surface area contributed by atoms with Crippen molar-refractivity contribution in [2.75, 3.05) is 6.61 Å². The Bertz CT molecular complexity index is 375. The molecule has 0 aromatic heterocycles. The van der Waals surface area contributed by atoms with E-state index < -0.39 is 0 Å². The van der Waals surface area contributed by atoms with Gasteiger partial charge in [0.15, 0.2) is 0 Å². The van der Waals surface area contributed by atoms with E-state index in [1.54, 1.807) is 6.92 Å². The Morgan fingerprint density at radius 2 is 1.86 bits per heavy atom. The van der Waals surface area contributed by atoms with Crippen LogP contribution in [-0.2, 0) is 19.1 Å². The number of ether oxygens (including phenoxy) is 1. The quantitative estimate of drug-likeness (QED) is 0.429. The van der Waals surface area contributed by atoms with Gasteiger partial charge in [-0.15, -0.1) is 0 Å². The minimum atomic E-state index is -0.225. The van der Waals surface area contributed by atoms with Gasteiger partial charge in [-0.3, -0.25) is 14.4 Å². The summed E-state index contributed by atoms with van der Waals surface area (Å²) in [7, 11) is 0. The highest BCUT2D eigenvalue weighted by atomic mass is 16.5. The molecule has 2 unspecified atom stereocenters. The lowest BCUT2D eigenvalue weighted by molar-refractivity contribution is -0.143. The van der Waals surface area contributed by atoms with E-state index in [-0.39, 0.29) is 23.6 Å². The van der Waals surface area contributed by atoms with Crippen LogP contribution in [0.15, 0.2) is 0 Å². The molecule has 1 fully saturated rings. The van der Waals surface area contributed by atoms with Crippen LogP contribution in [-0.4, -0.2) is 24.1 Å². The molecule has 0 amide bonds. The fourth-order valence-corrected chi connectivity index (χ4v) is 3.27. The first-order valence-corrected chi connectivity index (χ1v) is 8.78. The van der Waals surface area contributed by atoms with Crippen molar-refractivity contribution in [2.45, 2.75) is 78.1 Å². The molecule has 0 saturated heterocycles. The standard InChI is InChI=1S/C18H30O4/c1-3-5-6-7-15(19)10-8-14-9-12-17(20)16(14)11-13-18(21)22-4-2/h14,16H,3-13H2,1-2H3. The highest BCUT2D eigenvalue weighted by molar-refractivity contribution is 5.84. The molecule has 1 saturated carbocycles. The van der Waals surface area contributed by atoms with Crippen molar-refractivity contribution in [3.05, 3.63) is 0 Å². The molecule has 1 rings (SSSR count). The highest BCUT2D eigenvalue weighted by Crippen LogP contribution is 2.35. The number of rotatable bonds is 11. The van der Waals surface area contributed by atoms with E-state index in [9.17, 15) is 14.4 Å². The third kappa shape index (κ3) is 6.71. The number of ketones is 2. The van der Waals surface area contributed by atoms with Gasteiger partial charge < -0.3 is 4.74 Å². The molecule has 2 atom stereocenters. The molecule has 1 aliphatic rings. The molecule has 0 spiro atoms. The van der Waals surface area contributed by atoms with Gasteiger partial charge in [0.1, 0.15) is 11.6 Å². The third-order valence-corrected chi connectivity index (χ3v) is 4.56. The molecule has 1 aliphatic carbocycles. The summed E-state index contributed by atoms with van der Waals surface area (Å²) in [6.45, 7) is 4.29. The summed E-state index contributed by atoms with van der Waals surface area (Å²) in [5, 5.41) is 0. The maximum Gasteiger partial charge on any atom is 0.305 e. The van der Waals surface area contributed by atoms with Crippen LogP contribution in [0.3, 0.4) is 0 Å². The van der Waals surface area contributed by atoms with E-state index in [4.69, 9.17) is 4.74 Å². The van der Waals surface area contributed by atoms with Crippen molar-refractivity contribution in [2.24, 2.45) is 11.8 Å². The topological polar surface area (TPSA) is 60.4 Å². The van der Waals surface area contributed by atoms with Crippen molar-refractivity contribution < 1.29 is 19.1 Å². The van der Waals surface area contributed by atoms with E-state index >= 15 is 0 Å². The summed E-state index contributed by atoms with van der Waals surface area (Å²) >= 11 is 0. The molecule has 4 nitrogen and oxygen atoms in total. The first-order valence-electron chi connectivity index (χ1n) is 8.78. The average molecular weight is 310 g/mol. The first-order chi connectivity index (χ1) is 10.6. The molecule has 0 bridgehead atoms. The van der Waals surface area contributed by atoms with Gasteiger partial charge in [-0.2, -0.15) is 0 Å². The monoisotopic (exact) mass is 310 g/mol.